The van der Waals surface area contributed by atoms with Crippen LogP contribution in [-0.2, 0) is 4.79 Å². The number of hydrogen-bond acceptors (Lipinski definition) is 3. The van der Waals surface area contributed by atoms with Gasteiger partial charge >= 0.3 is 0 Å². The molecule has 5 heteroatoms. The van der Waals surface area contributed by atoms with E-state index < -0.39 is 0 Å². The van der Waals surface area contributed by atoms with Crippen molar-refractivity contribution in [3.8, 4) is 5.75 Å². The third kappa shape index (κ3) is 7.66. The van der Waals surface area contributed by atoms with Gasteiger partial charge in [0.05, 0.1) is 6.61 Å². The van der Waals surface area contributed by atoms with Crippen LogP contribution in [0.1, 0.15) is 45.1 Å². The van der Waals surface area contributed by atoms with Gasteiger partial charge in [-0.3, -0.25) is 4.79 Å². The Morgan fingerprint density at radius 3 is 2.59 bits per heavy atom. The van der Waals surface area contributed by atoms with Crippen LogP contribution in [0.3, 0.4) is 0 Å². The van der Waals surface area contributed by atoms with Crippen molar-refractivity contribution in [1.29, 1.82) is 0 Å². The van der Waals surface area contributed by atoms with Crippen LogP contribution >= 0.6 is 12.4 Å². The molecule has 22 heavy (non-hydrogen) atoms. The molecule has 0 aliphatic carbocycles. The van der Waals surface area contributed by atoms with Gasteiger partial charge < -0.3 is 15.8 Å². The van der Waals surface area contributed by atoms with Crippen molar-refractivity contribution >= 4 is 18.3 Å². The molecule has 3 N–H and O–H groups in total. The molecule has 0 unspecified atom stereocenters. The van der Waals surface area contributed by atoms with Crippen LogP contribution in [0.4, 0.5) is 0 Å². The molecular weight excluding hydrogens is 300 g/mol. The molecule has 0 saturated heterocycles. The minimum Gasteiger partial charge on any atom is -0.494 e. The van der Waals surface area contributed by atoms with Gasteiger partial charge in [-0.2, -0.15) is 0 Å². The number of nitrogens with one attached hydrogen (secondary N) is 1. The van der Waals surface area contributed by atoms with Crippen LogP contribution in [0.2, 0.25) is 0 Å². The van der Waals surface area contributed by atoms with Crippen LogP contribution in [0, 0.1) is 6.92 Å². The summed E-state index contributed by atoms with van der Waals surface area (Å²) < 4.78 is 5.62. The van der Waals surface area contributed by atoms with Crippen molar-refractivity contribution in [3.05, 3.63) is 29.8 Å². The lowest BCUT2D eigenvalue weighted by Gasteiger charge is -2.26. The van der Waals surface area contributed by atoms with E-state index in [-0.39, 0.29) is 23.9 Å². The van der Waals surface area contributed by atoms with Crippen LogP contribution in [0.25, 0.3) is 0 Å². The van der Waals surface area contributed by atoms with E-state index in [2.05, 4.69) is 5.32 Å². The average Bonchev–Trinajstić information content (AvgIpc) is 2.49. The van der Waals surface area contributed by atoms with Gasteiger partial charge in [-0.15, -0.1) is 12.4 Å². The summed E-state index contributed by atoms with van der Waals surface area (Å²) in [6.07, 6.45) is 2.89. The SMILES string of the molecule is CCC(N)(CC)CNC(=O)CCCOc1cccc(C)c1.Cl. The summed E-state index contributed by atoms with van der Waals surface area (Å²) in [6.45, 7) is 7.21. The number of aryl methyl sites for hydroxylation is 1. The average molecular weight is 329 g/mol. The standard InChI is InChI=1S/C17H28N2O2.ClH/c1-4-17(18,5-2)13-19-16(20)10-7-11-21-15-9-6-8-14(3)12-15;/h6,8-9,12H,4-5,7,10-11,13,18H2,1-3H3,(H,19,20);1H. The normalized spacial score (nSPS) is 10.7. The molecule has 0 aliphatic heterocycles. The molecule has 0 bridgehead atoms. The highest BCUT2D eigenvalue weighted by molar-refractivity contribution is 5.85. The van der Waals surface area contributed by atoms with Gasteiger partial charge in [0.1, 0.15) is 5.75 Å². The molecule has 0 aromatic heterocycles. The molecule has 0 saturated carbocycles. The van der Waals surface area contributed by atoms with E-state index in [1.54, 1.807) is 0 Å². The first-order chi connectivity index (χ1) is 9.99. The third-order valence-corrected chi connectivity index (χ3v) is 3.85. The first-order valence-corrected chi connectivity index (χ1v) is 7.74. The molecule has 1 aromatic rings. The quantitative estimate of drug-likeness (QED) is 0.684. The van der Waals surface area contributed by atoms with Gasteiger partial charge in [0.15, 0.2) is 0 Å². The molecule has 126 valence electrons. The van der Waals surface area contributed by atoms with E-state index in [1.807, 2.05) is 45.0 Å². The van der Waals surface area contributed by atoms with E-state index in [0.29, 0.717) is 26.0 Å². The van der Waals surface area contributed by atoms with Crippen molar-refractivity contribution in [2.45, 2.75) is 52.0 Å². The number of carbonyl (C=O) groups is 1. The number of rotatable bonds is 9. The number of nitrogens with two attached hydrogens (primary N) is 1. The Kier molecular flexibility index (Phi) is 9.86. The smallest absolute Gasteiger partial charge is 0.220 e. The summed E-state index contributed by atoms with van der Waals surface area (Å²) in [5.74, 6) is 0.896. The highest BCUT2D eigenvalue weighted by atomic mass is 35.5. The van der Waals surface area contributed by atoms with Gasteiger partial charge in [-0.25, -0.2) is 0 Å². The Balaban J connectivity index is 0.00000441. The Bertz CT molecular complexity index is 448. The largest absolute Gasteiger partial charge is 0.494 e. The molecule has 0 aliphatic rings. The van der Waals surface area contributed by atoms with E-state index >= 15 is 0 Å². The second kappa shape index (κ2) is 10.5. The zero-order valence-corrected chi connectivity index (χ0v) is 14.7. The Morgan fingerprint density at radius 2 is 2.00 bits per heavy atom. The predicted octanol–water partition coefficient (Wildman–Crippen LogP) is 3.21. The molecule has 0 heterocycles. The van der Waals surface area contributed by atoms with Crippen LogP contribution in [0.15, 0.2) is 24.3 Å². The number of halogens is 1. The topological polar surface area (TPSA) is 64.3 Å². The molecular formula is C17H29ClN2O2. The first-order valence-electron chi connectivity index (χ1n) is 7.74. The summed E-state index contributed by atoms with van der Waals surface area (Å²) >= 11 is 0. The summed E-state index contributed by atoms with van der Waals surface area (Å²) in [6, 6.07) is 7.91. The molecule has 4 nitrogen and oxygen atoms in total. The van der Waals surface area contributed by atoms with Crippen molar-refractivity contribution in [1.82, 2.24) is 5.32 Å². The van der Waals surface area contributed by atoms with Crippen LogP contribution < -0.4 is 15.8 Å². The van der Waals surface area contributed by atoms with Crippen molar-refractivity contribution in [3.63, 3.8) is 0 Å². The van der Waals surface area contributed by atoms with Gasteiger partial charge in [-0.05, 0) is 43.9 Å². The maximum Gasteiger partial charge on any atom is 0.220 e. The summed E-state index contributed by atoms with van der Waals surface area (Å²) in [5, 5.41) is 2.91. The second-order valence-corrected chi connectivity index (χ2v) is 5.61. The minimum atomic E-state index is -0.284. The number of benzene rings is 1. The maximum absolute atomic E-state index is 11.8. The van der Waals surface area contributed by atoms with E-state index in [1.165, 1.54) is 5.56 Å². The van der Waals surface area contributed by atoms with Crippen LogP contribution in [0.5, 0.6) is 5.75 Å². The molecule has 1 aromatic carbocycles. The van der Waals surface area contributed by atoms with E-state index in [0.717, 1.165) is 18.6 Å². The lowest BCUT2D eigenvalue weighted by molar-refractivity contribution is -0.121. The second-order valence-electron chi connectivity index (χ2n) is 5.61. The van der Waals surface area contributed by atoms with E-state index in [9.17, 15) is 4.79 Å². The monoisotopic (exact) mass is 328 g/mol. The minimum absolute atomic E-state index is 0. The number of amides is 1. The predicted molar refractivity (Wildman–Crippen MR) is 93.7 cm³/mol. The molecule has 0 radical (unpaired) electrons. The number of carbonyl (C=O) groups excluding carboxylic acids is 1. The van der Waals surface area contributed by atoms with Crippen molar-refractivity contribution in [2.75, 3.05) is 13.2 Å². The molecule has 0 spiro atoms. The zero-order chi connectivity index (χ0) is 15.7. The van der Waals surface area contributed by atoms with Gasteiger partial charge in [0, 0.05) is 18.5 Å². The first kappa shape index (κ1) is 20.7. The van der Waals surface area contributed by atoms with E-state index in [4.69, 9.17) is 10.5 Å². The van der Waals surface area contributed by atoms with Gasteiger partial charge in [0.25, 0.3) is 0 Å². The fraction of sp³-hybridized carbons (Fsp3) is 0.588. The molecule has 0 atom stereocenters. The maximum atomic E-state index is 11.8. The molecule has 1 amide bonds. The fourth-order valence-electron chi connectivity index (χ4n) is 1.99. The molecule has 1 rings (SSSR count). The lowest BCUT2D eigenvalue weighted by atomic mass is 9.94. The molecule has 0 fully saturated rings. The number of ether oxygens (including phenoxy) is 1. The highest BCUT2D eigenvalue weighted by Gasteiger charge is 2.20. The highest BCUT2D eigenvalue weighted by Crippen LogP contribution is 2.13. The third-order valence-electron chi connectivity index (χ3n) is 3.85. The van der Waals surface area contributed by atoms with Crippen LogP contribution in [-0.4, -0.2) is 24.6 Å². The van der Waals surface area contributed by atoms with Gasteiger partial charge in [0.2, 0.25) is 5.91 Å². The van der Waals surface area contributed by atoms with Crippen molar-refractivity contribution in [2.24, 2.45) is 5.73 Å². The summed E-state index contributed by atoms with van der Waals surface area (Å²) in [5.41, 5.74) is 7.04. The summed E-state index contributed by atoms with van der Waals surface area (Å²) in [7, 11) is 0. The zero-order valence-electron chi connectivity index (χ0n) is 13.9. The number of hydrogen-bond donors (Lipinski definition) is 2. The lowest BCUT2D eigenvalue weighted by Crippen LogP contribution is -2.49. The fourth-order valence-corrected chi connectivity index (χ4v) is 1.99. The Hall–Kier alpha value is -1.26. The Labute approximate surface area is 140 Å². The Morgan fingerprint density at radius 1 is 1.32 bits per heavy atom. The van der Waals surface area contributed by atoms with Gasteiger partial charge in [-0.1, -0.05) is 26.0 Å². The summed E-state index contributed by atoms with van der Waals surface area (Å²) in [4.78, 5) is 11.8. The van der Waals surface area contributed by atoms with Crippen molar-refractivity contribution < 1.29 is 9.53 Å².